The van der Waals surface area contributed by atoms with Gasteiger partial charge in [0.25, 0.3) is 0 Å². The number of hydrogen-bond acceptors (Lipinski definition) is 4. The van der Waals surface area contributed by atoms with Crippen molar-refractivity contribution < 1.29 is 13.9 Å². The fourth-order valence-electron chi connectivity index (χ4n) is 2.13. The summed E-state index contributed by atoms with van der Waals surface area (Å²) in [5.74, 6) is -0.809. The summed E-state index contributed by atoms with van der Waals surface area (Å²) in [6.45, 7) is 2.09. The Morgan fingerprint density at radius 2 is 1.87 bits per heavy atom. The van der Waals surface area contributed by atoms with E-state index in [1.165, 1.54) is 6.07 Å². The minimum atomic E-state index is -0.681. The highest BCUT2D eigenvalue weighted by atomic mass is 35.5. The van der Waals surface area contributed by atoms with Crippen molar-refractivity contribution in [3.8, 4) is 0 Å². The quantitative estimate of drug-likeness (QED) is 0.679. The van der Waals surface area contributed by atoms with Gasteiger partial charge in [-0.05, 0) is 30.7 Å². The van der Waals surface area contributed by atoms with Gasteiger partial charge in [-0.25, -0.2) is 4.79 Å². The molecule has 0 saturated heterocycles. The lowest BCUT2D eigenvalue weighted by molar-refractivity contribution is 0.0436. The number of halogens is 1. The molecule has 0 aliphatic rings. The van der Waals surface area contributed by atoms with E-state index in [0.29, 0.717) is 16.0 Å². The maximum absolute atomic E-state index is 12.1. The maximum atomic E-state index is 12.1. The smallest absolute Gasteiger partial charge is 0.374 e. The number of aryl methyl sites for hydroxylation is 1. The molecule has 0 spiro atoms. The summed E-state index contributed by atoms with van der Waals surface area (Å²) in [6, 6.07) is 13.4. The summed E-state index contributed by atoms with van der Waals surface area (Å²) < 4.78 is 10.6. The van der Waals surface area contributed by atoms with E-state index in [4.69, 9.17) is 20.8 Å². The Hall–Kier alpha value is -2.59. The van der Waals surface area contributed by atoms with E-state index in [1.54, 1.807) is 12.1 Å². The largest absolute Gasteiger partial charge is 0.455 e. The Labute approximate surface area is 137 Å². The number of hydrogen-bond donors (Lipinski definition) is 0. The first-order chi connectivity index (χ1) is 11.0. The predicted molar refractivity (Wildman–Crippen MR) is 87.8 cm³/mol. The van der Waals surface area contributed by atoms with Crippen molar-refractivity contribution in [2.75, 3.05) is 0 Å². The van der Waals surface area contributed by atoms with E-state index >= 15 is 0 Å². The molecule has 0 N–H and O–H groups in total. The Morgan fingerprint density at radius 3 is 2.61 bits per heavy atom. The monoisotopic (exact) mass is 328 g/mol. The molecule has 0 saturated carbocycles. The normalized spacial score (nSPS) is 10.7. The molecule has 116 valence electrons. The van der Waals surface area contributed by atoms with Gasteiger partial charge >= 0.3 is 5.97 Å². The fraction of sp³-hybridized carbons (Fsp3) is 0.111. The molecule has 23 heavy (non-hydrogen) atoms. The number of carbonyl (C=O) groups excluding carboxylic acids is 1. The lowest BCUT2D eigenvalue weighted by Crippen LogP contribution is -2.10. The van der Waals surface area contributed by atoms with Crippen LogP contribution in [0.5, 0.6) is 0 Å². The van der Waals surface area contributed by atoms with Gasteiger partial charge in [-0.2, -0.15) is 0 Å². The molecule has 3 aromatic rings. The van der Waals surface area contributed by atoms with E-state index in [2.05, 4.69) is 0 Å². The fourth-order valence-corrected chi connectivity index (χ4v) is 2.31. The molecule has 0 fully saturated rings. The molecule has 0 amide bonds. The summed E-state index contributed by atoms with van der Waals surface area (Å²) in [7, 11) is 0. The van der Waals surface area contributed by atoms with Crippen molar-refractivity contribution >= 4 is 28.5 Å². The van der Waals surface area contributed by atoms with Crippen LogP contribution in [0.15, 0.2) is 57.7 Å². The standard InChI is InChI=1S/C18H13ClO4/c1-11-2-4-12(5-3-11)10-22-18(21)17-9-15(20)14-8-13(19)6-7-16(14)23-17/h2-9H,10H2,1H3. The third-order valence-corrected chi connectivity index (χ3v) is 3.62. The first-order valence-corrected chi connectivity index (χ1v) is 7.37. The van der Waals surface area contributed by atoms with E-state index in [1.807, 2.05) is 31.2 Å². The first-order valence-electron chi connectivity index (χ1n) is 6.99. The van der Waals surface area contributed by atoms with Crippen molar-refractivity contribution in [2.45, 2.75) is 13.5 Å². The third-order valence-electron chi connectivity index (χ3n) is 3.38. The molecule has 1 aromatic heterocycles. The number of fused-ring (bicyclic) bond motifs is 1. The van der Waals surface area contributed by atoms with Crippen LogP contribution in [0.3, 0.4) is 0 Å². The maximum Gasteiger partial charge on any atom is 0.374 e. The van der Waals surface area contributed by atoms with Crippen LogP contribution < -0.4 is 5.43 Å². The van der Waals surface area contributed by atoms with E-state index < -0.39 is 5.97 Å². The van der Waals surface area contributed by atoms with Crippen molar-refractivity contribution in [2.24, 2.45) is 0 Å². The second kappa shape index (κ2) is 6.26. The van der Waals surface area contributed by atoms with E-state index in [0.717, 1.165) is 17.2 Å². The van der Waals surface area contributed by atoms with Crippen molar-refractivity contribution in [1.29, 1.82) is 0 Å². The number of ether oxygens (including phenoxy) is 1. The van der Waals surface area contributed by atoms with Crippen LogP contribution >= 0.6 is 11.6 Å². The summed E-state index contributed by atoms with van der Waals surface area (Å²) in [5.41, 5.74) is 1.94. The predicted octanol–water partition coefficient (Wildman–Crippen LogP) is 4.11. The van der Waals surface area contributed by atoms with Crippen molar-refractivity contribution in [3.05, 3.63) is 80.7 Å². The molecule has 1 heterocycles. The van der Waals surface area contributed by atoms with Gasteiger partial charge in [-0.3, -0.25) is 4.79 Å². The number of rotatable bonds is 3. The Balaban J connectivity index is 1.82. The summed E-state index contributed by atoms with van der Waals surface area (Å²) in [6.07, 6.45) is 0. The first kappa shape index (κ1) is 15.3. The van der Waals surface area contributed by atoms with Crippen LogP contribution in [0.2, 0.25) is 5.02 Å². The van der Waals surface area contributed by atoms with Crippen molar-refractivity contribution in [1.82, 2.24) is 0 Å². The van der Waals surface area contributed by atoms with Crippen LogP contribution in [0.1, 0.15) is 21.7 Å². The summed E-state index contributed by atoms with van der Waals surface area (Å²) >= 11 is 5.85. The Bertz CT molecular complexity index is 926. The molecule has 0 aliphatic carbocycles. The van der Waals surface area contributed by atoms with Crippen LogP contribution in [-0.2, 0) is 11.3 Å². The SMILES string of the molecule is Cc1ccc(COC(=O)c2cc(=O)c3cc(Cl)ccc3o2)cc1. The molecular formula is C18H13ClO4. The van der Waals surface area contributed by atoms with Gasteiger partial charge in [-0.1, -0.05) is 41.4 Å². The molecule has 3 rings (SSSR count). The minimum absolute atomic E-state index is 0.113. The topological polar surface area (TPSA) is 56.5 Å². The van der Waals surface area contributed by atoms with Crippen LogP contribution in [0, 0.1) is 6.92 Å². The molecule has 2 aromatic carbocycles. The molecule has 4 nitrogen and oxygen atoms in total. The number of benzene rings is 2. The van der Waals surface area contributed by atoms with Gasteiger partial charge in [0.1, 0.15) is 12.2 Å². The highest BCUT2D eigenvalue weighted by molar-refractivity contribution is 6.31. The van der Waals surface area contributed by atoms with Gasteiger partial charge in [0.05, 0.1) is 5.39 Å². The van der Waals surface area contributed by atoms with E-state index in [-0.39, 0.29) is 17.8 Å². The van der Waals surface area contributed by atoms with Crippen LogP contribution in [-0.4, -0.2) is 5.97 Å². The Kier molecular flexibility index (Phi) is 4.17. The average molecular weight is 329 g/mol. The van der Waals surface area contributed by atoms with Gasteiger partial charge in [0.15, 0.2) is 5.43 Å². The number of carbonyl (C=O) groups is 1. The van der Waals surface area contributed by atoms with Crippen LogP contribution in [0.4, 0.5) is 0 Å². The molecule has 0 aliphatic heterocycles. The highest BCUT2D eigenvalue weighted by Crippen LogP contribution is 2.18. The van der Waals surface area contributed by atoms with E-state index in [9.17, 15) is 9.59 Å². The molecule has 5 heteroatoms. The van der Waals surface area contributed by atoms with Gasteiger partial charge < -0.3 is 9.15 Å². The lowest BCUT2D eigenvalue weighted by atomic mass is 10.2. The minimum Gasteiger partial charge on any atom is -0.455 e. The van der Waals surface area contributed by atoms with Crippen molar-refractivity contribution in [3.63, 3.8) is 0 Å². The molecule has 0 atom stereocenters. The second-order valence-corrected chi connectivity index (χ2v) is 5.61. The number of esters is 1. The zero-order chi connectivity index (χ0) is 16.4. The molecule has 0 radical (unpaired) electrons. The third kappa shape index (κ3) is 3.43. The zero-order valence-corrected chi connectivity index (χ0v) is 13.1. The summed E-state index contributed by atoms with van der Waals surface area (Å²) in [5, 5.41) is 0.757. The average Bonchev–Trinajstić information content (AvgIpc) is 2.54. The zero-order valence-electron chi connectivity index (χ0n) is 12.3. The molecular weight excluding hydrogens is 316 g/mol. The van der Waals surface area contributed by atoms with Gasteiger partial charge in [-0.15, -0.1) is 0 Å². The Morgan fingerprint density at radius 1 is 1.13 bits per heavy atom. The summed E-state index contributed by atoms with van der Waals surface area (Å²) in [4.78, 5) is 24.1. The van der Waals surface area contributed by atoms with Crippen LogP contribution in [0.25, 0.3) is 11.0 Å². The van der Waals surface area contributed by atoms with Gasteiger partial charge in [0, 0.05) is 11.1 Å². The highest BCUT2D eigenvalue weighted by Gasteiger charge is 2.14. The van der Waals surface area contributed by atoms with Gasteiger partial charge in [0.2, 0.25) is 5.76 Å². The second-order valence-electron chi connectivity index (χ2n) is 5.18. The lowest BCUT2D eigenvalue weighted by Gasteiger charge is -2.05. The molecule has 0 bridgehead atoms. The molecule has 0 unspecified atom stereocenters.